The van der Waals surface area contributed by atoms with Gasteiger partial charge in [0.15, 0.2) is 0 Å². The first-order chi connectivity index (χ1) is 10.1. The fourth-order valence-corrected chi connectivity index (χ4v) is 3.08. The number of benzene rings is 1. The van der Waals surface area contributed by atoms with E-state index in [0.29, 0.717) is 12.1 Å². The third kappa shape index (κ3) is 4.43. The molecule has 1 heterocycles. The summed E-state index contributed by atoms with van der Waals surface area (Å²) in [4.78, 5) is 5.00. The second kappa shape index (κ2) is 7.78. The minimum absolute atomic E-state index is 0.357. The monoisotopic (exact) mass is 291 g/mol. The van der Waals surface area contributed by atoms with Crippen molar-refractivity contribution in [2.24, 2.45) is 0 Å². The average Bonchev–Trinajstić information content (AvgIpc) is 2.49. The Kier molecular flexibility index (Phi) is 6.03. The Morgan fingerprint density at radius 1 is 1.38 bits per heavy atom. The molecule has 21 heavy (non-hydrogen) atoms. The summed E-state index contributed by atoms with van der Waals surface area (Å²) in [6, 6.07) is 9.38. The smallest absolute Gasteiger partial charge is 0.119 e. The normalized spacial score (nSPS) is 22.2. The summed E-state index contributed by atoms with van der Waals surface area (Å²) in [5.74, 6) is 0.932. The van der Waals surface area contributed by atoms with Gasteiger partial charge in [-0.05, 0) is 38.2 Å². The maximum atomic E-state index is 5.36. The van der Waals surface area contributed by atoms with Crippen molar-refractivity contribution in [2.75, 3.05) is 46.9 Å². The molecule has 1 saturated heterocycles. The molecule has 118 valence electrons. The first-order valence-corrected chi connectivity index (χ1v) is 7.94. The molecule has 0 radical (unpaired) electrons. The van der Waals surface area contributed by atoms with Crippen LogP contribution < -0.4 is 10.1 Å². The molecule has 4 nitrogen and oxygen atoms in total. The lowest BCUT2D eigenvalue weighted by Crippen LogP contribution is -2.52. The summed E-state index contributed by atoms with van der Waals surface area (Å²) in [5, 5.41) is 3.62. The molecule has 1 fully saturated rings. The first-order valence-electron chi connectivity index (χ1n) is 7.94. The van der Waals surface area contributed by atoms with Gasteiger partial charge in [0.1, 0.15) is 5.75 Å². The van der Waals surface area contributed by atoms with Gasteiger partial charge in [-0.25, -0.2) is 0 Å². The molecule has 2 rings (SSSR count). The van der Waals surface area contributed by atoms with Gasteiger partial charge in [-0.15, -0.1) is 0 Å². The van der Waals surface area contributed by atoms with Crippen molar-refractivity contribution in [1.82, 2.24) is 15.1 Å². The Labute approximate surface area is 129 Å². The summed E-state index contributed by atoms with van der Waals surface area (Å²) in [6.45, 7) is 9.96. The molecule has 0 bridgehead atoms. The largest absolute Gasteiger partial charge is 0.497 e. The van der Waals surface area contributed by atoms with E-state index in [-0.39, 0.29) is 0 Å². The van der Waals surface area contributed by atoms with E-state index in [1.54, 1.807) is 7.11 Å². The van der Waals surface area contributed by atoms with Crippen molar-refractivity contribution in [1.29, 1.82) is 0 Å². The van der Waals surface area contributed by atoms with Gasteiger partial charge in [0.2, 0.25) is 0 Å². The zero-order valence-corrected chi connectivity index (χ0v) is 13.8. The third-order valence-electron chi connectivity index (χ3n) is 4.33. The van der Waals surface area contributed by atoms with Gasteiger partial charge in [0.05, 0.1) is 7.11 Å². The van der Waals surface area contributed by atoms with Crippen molar-refractivity contribution in [2.45, 2.75) is 25.9 Å². The number of nitrogens with one attached hydrogen (secondary N) is 1. The Hall–Kier alpha value is -1.10. The number of nitrogens with zero attached hydrogens (tertiary/aromatic N) is 2. The van der Waals surface area contributed by atoms with Gasteiger partial charge in [-0.1, -0.05) is 19.1 Å². The van der Waals surface area contributed by atoms with Crippen molar-refractivity contribution in [3.05, 3.63) is 29.8 Å². The fraction of sp³-hybridized carbons (Fsp3) is 0.647. The van der Waals surface area contributed by atoms with E-state index < -0.39 is 0 Å². The van der Waals surface area contributed by atoms with Crippen LogP contribution in [0.4, 0.5) is 0 Å². The number of methoxy groups -OCH3 is 1. The highest BCUT2D eigenvalue weighted by atomic mass is 16.5. The van der Waals surface area contributed by atoms with Crippen LogP contribution in [0.1, 0.15) is 25.5 Å². The van der Waals surface area contributed by atoms with E-state index >= 15 is 0 Å². The van der Waals surface area contributed by atoms with Crippen molar-refractivity contribution < 1.29 is 4.74 Å². The molecule has 1 aromatic carbocycles. The molecule has 0 spiro atoms. The Balaban J connectivity index is 2.07. The van der Waals surface area contributed by atoms with Gasteiger partial charge in [-0.3, -0.25) is 4.90 Å². The molecule has 0 saturated carbocycles. The topological polar surface area (TPSA) is 27.7 Å². The molecule has 2 atom stereocenters. The van der Waals surface area contributed by atoms with Crippen molar-refractivity contribution in [3.63, 3.8) is 0 Å². The predicted octanol–water partition coefficient (Wildman–Crippen LogP) is 1.98. The molecule has 2 unspecified atom stereocenters. The SMILES string of the molecule is CCNC(CN1CCN(C)CC1C)c1cccc(OC)c1. The van der Waals surface area contributed by atoms with E-state index in [9.17, 15) is 0 Å². The zero-order chi connectivity index (χ0) is 15.2. The molecule has 1 aliphatic heterocycles. The molecule has 1 aliphatic rings. The minimum atomic E-state index is 0.357. The lowest BCUT2D eigenvalue weighted by molar-refractivity contribution is 0.0905. The molecular weight excluding hydrogens is 262 g/mol. The summed E-state index contributed by atoms with van der Waals surface area (Å²) in [5.41, 5.74) is 1.31. The average molecular weight is 291 g/mol. The molecule has 0 aromatic heterocycles. The second-order valence-electron chi connectivity index (χ2n) is 5.99. The minimum Gasteiger partial charge on any atom is -0.497 e. The van der Waals surface area contributed by atoms with Gasteiger partial charge in [0, 0.05) is 38.3 Å². The first kappa shape index (κ1) is 16.3. The second-order valence-corrected chi connectivity index (χ2v) is 5.99. The van der Waals surface area contributed by atoms with Crippen LogP contribution in [0.5, 0.6) is 5.75 Å². The molecule has 0 aliphatic carbocycles. The number of ether oxygens (including phenoxy) is 1. The highest BCUT2D eigenvalue weighted by molar-refractivity contribution is 5.30. The van der Waals surface area contributed by atoms with Gasteiger partial charge in [0.25, 0.3) is 0 Å². The maximum Gasteiger partial charge on any atom is 0.119 e. The zero-order valence-electron chi connectivity index (χ0n) is 13.8. The van der Waals surface area contributed by atoms with Crippen LogP contribution in [0.25, 0.3) is 0 Å². The van der Waals surface area contributed by atoms with Gasteiger partial charge < -0.3 is 15.0 Å². The number of hydrogen-bond acceptors (Lipinski definition) is 4. The van der Waals surface area contributed by atoms with E-state index in [2.05, 4.69) is 54.2 Å². The summed E-state index contributed by atoms with van der Waals surface area (Å²) in [7, 11) is 3.93. The highest BCUT2D eigenvalue weighted by Gasteiger charge is 2.24. The third-order valence-corrected chi connectivity index (χ3v) is 4.33. The quantitative estimate of drug-likeness (QED) is 0.867. The van der Waals surface area contributed by atoms with Crippen LogP contribution in [0, 0.1) is 0 Å². The van der Waals surface area contributed by atoms with Crippen molar-refractivity contribution in [3.8, 4) is 5.75 Å². The molecule has 1 aromatic rings. The number of rotatable bonds is 6. The lowest BCUT2D eigenvalue weighted by Gasteiger charge is -2.40. The van der Waals surface area contributed by atoms with Crippen LogP contribution in [-0.4, -0.2) is 62.7 Å². The van der Waals surface area contributed by atoms with E-state index in [1.165, 1.54) is 5.56 Å². The standard InChI is InChI=1S/C17H29N3O/c1-5-18-17(15-7-6-8-16(11-15)21-4)13-20-10-9-19(3)12-14(20)2/h6-8,11,14,17-18H,5,9-10,12-13H2,1-4H3. The summed E-state index contributed by atoms with van der Waals surface area (Å²) in [6.07, 6.45) is 0. The maximum absolute atomic E-state index is 5.36. The molecule has 0 amide bonds. The summed E-state index contributed by atoms with van der Waals surface area (Å²) < 4.78 is 5.36. The Bertz CT molecular complexity index is 438. The van der Waals surface area contributed by atoms with E-state index in [0.717, 1.165) is 38.5 Å². The van der Waals surface area contributed by atoms with Gasteiger partial charge >= 0.3 is 0 Å². The molecule has 1 N–H and O–H groups in total. The van der Waals surface area contributed by atoms with Crippen LogP contribution in [-0.2, 0) is 0 Å². The number of hydrogen-bond donors (Lipinski definition) is 1. The van der Waals surface area contributed by atoms with E-state index in [4.69, 9.17) is 4.74 Å². The van der Waals surface area contributed by atoms with Crippen LogP contribution in [0.2, 0.25) is 0 Å². The fourth-order valence-electron chi connectivity index (χ4n) is 3.08. The van der Waals surface area contributed by atoms with Gasteiger partial charge in [-0.2, -0.15) is 0 Å². The summed E-state index contributed by atoms with van der Waals surface area (Å²) >= 11 is 0. The lowest BCUT2D eigenvalue weighted by atomic mass is 10.0. The Morgan fingerprint density at radius 2 is 2.19 bits per heavy atom. The number of piperazine rings is 1. The van der Waals surface area contributed by atoms with Crippen molar-refractivity contribution >= 4 is 0 Å². The van der Waals surface area contributed by atoms with Crippen LogP contribution >= 0.6 is 0 Å². The van der Waals surface area contributed by atoms with Crippen LogP contribution in [0.15, 0.2) is 24.3 Å². The van der Waals surface area contributed by atoms with E-state index in [1.807, 2.05) is 6.07 Å². The van der Waals surface area contributed by atoms with Crippen LogP contribution in [0.3, 0.4) is 0 Å². The highest BCUT2D eigenvalue weighted by Crippen LogP contribution is 2.21. The number of likely N-dealkylation sites (N-methyl/N-ethyl adjacent to an activating group) is 2. The molecular formula is C17H29N3O. The molecule has 4 heteroatoms. The Morgan fingerprint density at radius 3 is 2.86 bits per heavy atom. The predicted molar refractivity (Wildman–Crippen MR) is 87.9 cm³/mol.